The molecular weight excluding hydrogens is 471 g/mol. The molecule has 3 rings (SSSR count). The molecule has 0 saturated carbocycles. The van der Waals surface area contributed by atoms with Crippen molar-refractivity contribution in [3.8, 4) is 22.8 Å². The van der Waals surface area contributed by atoms with Gasteiger partial charge in [-0.2, -0.15) is 0 Å². The maximum absolute atomic E-state index is 14.9. The van der Waals surface area contributed by atoms with Gasteiger partial charge in [-0.3, -0.25) is 0 Å². The topological polar surface area (TPSA) is 70.5 Å². The summed E-state index contributed by atoms with van der Waals surface area (Å²) in [5.41, 5.74) is 3.06. The molecule has 2 aromatic carbocycles. The zero-order chi connectivity index (χ0) is 25.4. The number of carbonyl (C=O) groups excluding carboxylic acids is 1. The van der Waals surface area contributed by atoms with Gasteiger partial charge in [-0.05, 0) is 49.9 Å². The van der Waals surface area contributed by atoms with Gasteiger partial charge in [0.25, 0.3) is 0 Å². The number of hydrogen-bond donors (Lipinski definition) is 0. The van der Waals surface area contributed by atoms with Crippen LogP contribution in [0.5, 0.6) is 11.5 Å². The van der Waals surface area contributed by atoms with Crippen molar-refractivity contribution in [2.24, 2.45) is 0 Å². The average Bonchev–Trinajstić information content (AvgIpc) is 2.86. The van der Waals surface area contributed by atoms with Crippen LogP contribution in [0.4, 0.5) is 4.39 Å². The number of aromatic nitrogens is 2. The molecule has 3 aromatic rings. The summed E-state index contributed by atoms with van der Waals surface area (Å²) in [7, 11) is 0. The molecule has 0 fully saturated rings. The molecule has 0 aliphatic rings. The Balaban J connectivity index is 1.77. The van der Waals surface area contributed by atoms with Crippen molar-refractivity contribution >= 4 is 17.6 Å². The summed E-state index contributed by atoms with van der Waals surface area (Å²) in [6, 6.07) is 10.3. The van der Waals surface area contributed by atoms with Gasteiger partial charge in [-0.25, -0.2) is 19.2 Å². The van der Waals surface area contributed by atoms with Gasteiger partial charge >= 0.3 is 5.97 Å². The third-order valence-electron chi connectivity index (χ3n) is 5.41. The van der Waals surface area contributed by atoms with Gasteiger partial charge in [0.2, 0.25) is 0 Å². The molecule has 0 bridgehead atoms. The molecule has 0 radical (unpaired) electrons. The second-order valence-corrected chi connectivity index (χ2v) is 8.37. The molecule has 0 spiro atoms. The summed E-state index contributed by atoms with van der Waals surface area (Å²) in [6.45, 7) is 8.01. The van der Waals surface area contributed by atoms with Crippen LogP contribution in [-0.2, 0) is 29.0 Å². The zero-order valence-corrected chi connectivity index (χ0v) is 21.2. The number of rotatable bonds is 11. The highest BCUT2D eigenvalue weighted by Crippen LogP contribution is 2.32. The minimum Gasteiger partial charge on any atom is -0.489 e. The Morgan fingerprint density at radius 3 is 2.57 bits per heavy atom. The van der Waals surface area contributed by atoms with Gasteiger partial charge in [-0.15, -0.1) is 0 Å². The Morgan fingerprint density at radius 2 is 1.89 bits per heavy atom. The van der Waals surface area contributed by atoms with E-state index in [0.29, 0.717) is 40.9 Å². The number of hydrogen-bond acceptors (Lipinski definition) is 6. The second-order valence-electron chi connectivity index (χ2n) is 7.99. The first-order valence-electron chi connectivity index (χ1n) is 11.7. The highest BCUT2D eigenvalue weighted by Gasteiger charge is 2.19. The van der Waals surface area contributed by atoms with Crippen molar-refractivity contribution in [2.45, 2.75) is 59.7 Å². The Morgan fingerprint density at radius 1 is 1.09 bits per heavy atom. The molecule has 0 amide bonds. The van der Waals surface area contributed by atoms with Crippen LogP contribution in [0, 0.1) is 5.82 Å². The Hall–Kier alpha value is -3.19. The van der Waals surface area contributed by atoms with Crippen molar-refractivity contribution in [1.82, 2.24) is 9.97 Å². The predicted octanol–water partition coefficient (Wildman–Crippen LogP) is 6.36. The van der Waals surface area contributed by atoms with Gasteiger partial charge in [0.15, 0.2) is 6.10 Å². The highest BCUT2D eigenvalue weighted by atomic mass is 35.5. The average molecular weight is 501 g/mol. The van der Waals surface area contributed by atoms with E-state index < -0.39 is 17.9 Å². The normalized spacial score (nSPS) is 11.7. The molecule has 35 heavy (non-hydrogen) atoms. The fraction of sp³-hybridized carbons (Fsp3) is 0.370. The summed E-state index contributed by atoms with van der Waals surface area (Å²) in [5, 5.41) is 0.340. The van der Waals surface area contributed by atoms with Crippen LogP contribution in [-0.4, -0.2) is 28.6 Å². The molecule has 0 N–H and O–H groups in total. The fourth-order valence-corrected chi connectivity index (χ4v) is 3.72. The summed E-state index contributed by atoms with van der Waals surface area (Å²) in [5.74, 6) is -0.0570. The SMILES string of the molecule is CCCOC(=O)C(C)Oc1cc(CC)ccc1COc1ccc(-c2ncnc(CC)c2Cl)c(F)c1. The number of benzene rings is 2. The highest BCUT2D eigenvalue weighted by molar-refractivity contribution is 6.33. The van der Waals surface area contributed by atoms with Crippen molar-refractivity contribution in [3.05, 3.63) is 70.4 Å². The van der Waals surface area contributed by atoms with E-state index in [4.69, 9.17) is 25.8 Å². The lowest BCUT2D eigenvalue weighted by Crippen LogP contribution is -2.27. The van der Waals surface area contributed by atoms with E-state index in [-0.39, 0.29) is 12.2 Å². The van der Waals surface area contributed by atoms with Crippen molar-refractivity contribution in [1.29, 1.82) is 0 Å². The molecule has 8 heteroatoms. The van der Waals surface area contributed by atoms with Crippen LogP contribution >= 0.6 is 11.6 Å². The predicted molar refractivity (Wildman–Crippen MR) is 133 cm³/mol. The number of ether oxygens (including phenoxy) is 3. The zero-order valence-electron chi connectivity index (χ0n) is 20.4. The first kappa shape index (κ1) is 26.4. The van der Waals surface area contributed by atoms with Gasteiger partial charge < -0.3 is 14.2 Å². The molecule has 0 saturated heterocycles. The fourth-order valence-electron chi connectivity index (χ4n) is 3.39. The molecule has 1 atom stereocenters. The van der Waals surface area contributed by atoms with Gasteiger partial charge in [-0.1, -0.05) is 44.5 Å². The first-order valence-corrected chi connectivity index (χ1v) is 12.1. The number of carbonyl (C=O) groups is 1. The van der Waals surface area contributed by atoms with E-state index in [1.54, 1.807) is 19.1 Å². The smallest absolute Gasteiger partial charge is 0.347 e. The van der Waals surface area contributed by atoms with Crippen molar-refractivity contribution < 1.29 is 23.4 Å². The second kappa shape index (κ2) is 12.5. The first-order chi connectivity index (χ1) is 16.9. The van der Waals surface area contributed by atoms with E-state index >= 15 is 0 Å². The Labute approximate surface area is 210 Å². The third kappa shape index (κ3) is 6.69. The minimum atomic E-state index is -0.769. The molecule has 1 unspecified atom stereocenters. The quantitative estimate of drug-likeness (QED) is 0.285. The minimum absolute atomic E-state index is 0.128. The molecule has 1 heterocycles. The van der Waals surface area contributed by atoms with E-state index in [1.807, 2.05) is 39.0 Å². The lowest BCUT2D eigenvalue weighted by Gasteiger charge is -2.18. The maximum Gasteiger partial charge on any atom is 0.347 e. The molecule has 0 aliphatic heterocycles. The van der Waals surface area contributed by atoms with E-state index in [2.05, 4.69) is 9.97 Å². The standard InChI is InChI=1S/C27H30ClFN2O4/c1-5-12-33-27(32)17(4)35-24-13-18(6-2)8-9-19(24)15-34-20-10-11-21(22(29)14-20)26-25(28)23(7-3)30-16-31-26/h8-11,13-14,16-17H,5-7,12,15H2,1-4H3. The summed E-state index contributed by atoms with van der Waals surface area (Å²) < 4.78 is 31.9. The van der Waals surface area contributed by atoms with Crippen molar-refractivity contribution in [2.75, 3.05) is 6.61 Å². The Bertz CT molecular complexity index is 1170. The summed E-state index contributed by atoms with van der Waals surface area (Å²) in [4.78, 5) is 20.4. The molecule has 0 aliphatic carbocycles. The van der Waals surface area contributed by atoms with Crippen LogP contribution in [0.15, 0.2) is 42.7 Å². The number of halogens is 2. The Kier molecular flexibility index (Phi) is 9.43. The van der Waals surface area contributed by atoms with Gasteiger partial charge in [0.05, 0.1) is 23.0 Å². The summed E-state index contributed by atoms with van der Waals surface area (Å²) >= 11 is 6.36. The molecule has 186 valence electrons. The monoisotopic (exact) mass is 500 g/mol. The van der Waals surface area contributed by atoms with Crippen LogP contribution in [0.3, 0.4) is 0 Å². The molecule has 1 aromatic heterocycles. The van der Waals surface area contributed by atoms with Crippen LogP contribution in [0.2, 0.25) is 5.02 Å². The molecular formula is C27H30ClFN2O4. The van der Waals surface area contributed by atoms with Gasteiger partial charge in [0, 0.05) is 17.2 Å². The largest absolute Gasteiger partial charge is 0.489 e. The van der Waals surface area contributed by atoms with Crippen molar-refractivity contribution in [3.63, 3.8) is 0 Å². The number of aryl methyl sites for hydroxylation is 2. The van der Waals surface area contributed by atoms with E-state index in [1.165, 1.54) is 12.4 Å². The van der Waals surface area contributed by atoms with Gasteiger partial charge in [0.1, 0.15) is 30.3 Å². The van der Waals surface area contributed by atoms with Crippen LogP contribution < -0.4 is 9.47 Å². The van der Waals surface area contributed by atoms with Crippen LogP contribution in [0.25, 0.3) is 11.3 Å². The molecule has 6 nitrogen and oxygen atoms in total. The lowest BCUT2D eigenvalue weighted by atomic mass is 10.1. The number of nitrogens with zero attached hydrogens (tertiary/aromatic N) is 2. The summed E-state index contributed by atoms with van der Waals surface area (Å²) in [6.07, 6.45) is 2.78. The number of esters is 1. The third-order valence-corrected chi connectivity index (χ3v) is 5.81. The van der Waals surface area contributed by atoms with E-state index in [0.717, 1.165) is 24.0 Å². The van der Waals surface area contributed by atoms with E-state index in [9.17, 15) is 9.18 Å². The lowest BCUT2D eigenvalue weighted by molar-refractivity contribution is -0.151. The maximum atomic E-state index is 14.9. The van der Waals surface area contributed by atoms with Crippen LogP contribution in [0.1, 0.15) is 50.9 Å².